The highest BCUT2D eigenvalue weighted by Gasteiger charge is 2.15. The lowest BCUT2D eigenvalue weighted by Gasteiger charge is -2.12. The van der Waals surface area contributed by atoms with Crippen molar-refractivity contribution in [3.63, 3.8) is 0 Å². The monoisotopic (exact) mass is 219 g/mol. The lowest BCUT2D eigenvalue weighted by Crippen LogP contribution is -2.34. The molecule has 0 saturated carbocycles. The summed E-state index contributed by atoms with van der Waals surface area (Å²) in [7, 11) is 1.67. The van der Waals surface area contributed by atoms with Crippen LogP contribution < -0.4 is 5.32 Å². The van der Waals surface area contributed by atoms with Crippen LogP contribution in [0.3, 0.4) is 0 Å². The maximum absolute atomic E-state index is 10.4. The molecule has 0 aromatic rings. The zero-order chi connectivity index (χ0) is 12.9. The van der Waals surface area contributed by atoms with Gasteiger partial charge in [-0.3, -0.25) is 4.79 Å². The van der Waals surface area contributed by atoms with Gasteiger partial charge in [-0.1, -0.05) is 27.7 Å². The second-order valence-corrected chi connectivity index (χ2v) is 3.04. The molecule has 0 aromatic heterocycles. The minimum Gasteiger partial charge on any atom is -0.480 e. The molecule has 0 aromatic carbocycles. The van der Waals surface area contributed by atoms with Crippen molar-refractivity contribution in [2.75, 3.05) is 7.05 Å². The van der Waals surface area contributed by atoms with Gasteiger partial charge in [-0.15, -0.1) is 0 Å². The predicted molar refractivity (Wildman–Crippen MR) is 63.0 cm³/mol. The topological polar surface area (TPSA) is 66.4 Å². The van der Waals surface area contributed by atoms with Crippen molar-refractivity contribution in [2.45, 2.75) is 47.1 Å². The number of nitrogens with one attached hydrogen (secondary N) is 1. The number of aldehydes is 1. The molecule has 4 heteroatoms. The summed E-state index contributed by atoms with van der Waals surface area (Å²) in [6, 6.07) is -0.389. The fourth-order valence-electron chi connectivity index (χ4n) is 0.814. The summed E-state index contributed by atoms with van der Waals surface area (Å²) >= 11 is 0. The van der Waals surface area contributed by atoms with Crippen LogP contribution in [0.1, 0.15) is 41.0 Å². The van der Waals surface area contributed by atoms with E-state index in [1.807, 2.05) is 27.7 Å². The van der Waals surface area contributed by atoms with Crippen LogP contribution in [0.4, 0.5) is 0 Å². The second kappa shape index (κ2) is 15.6. The molecule has 2 N–H and O–H groups in total. The number of carbonyl (C=O) groups is 2. The van der Waals surface area contributed by atoms with Gasteiger partial charge in [0.15, 0.2) is 0 Å². The zero-order valence-corrected chi connectivity index (χ0v) is 10.7. The number of hydrogen-bond acceptors (Lipinski definition) is 3. The smallest absolute Gasteiger partial charge is 0.320 e. The Morgan fingerprint density at radius 2 is 1.73 bits per heavy atom. The summed E-state index contributed by atoms with van der Waals surface area (Å²) in [6.07, 6.45) is 1.44. The van der Waals surface area contributed by atoms with Gasteiger partial charge in [0.2, 0.25) is 0 Å². The van der Waals surface area contributed by atoms with Crippen molar-refractivity contribution in [1.29, 1.82) is 0 Å². The van der Waals surface area contributed by atoms with Crippen LogP contribution in [0.2, 0.25) is 0 Å². The van der Waals surface area contributed by atoms with Gasteiger partial charge in [-0.05, 0) is 26.3 Å². The van der Waals surface area contributed by atoms with Gasteiger partial charge in [0, 0.05) is 0 Å². The van der Waals surface area contributed by atoms with Crippen LogP contribution >= 0.6 is 0 Å². The Bertz CT molecular complexity index is 147. The maximum atomic E-state index is 10.4. The third-order valence-electron chi connectivity index (χ3n) is 1.35. The molecule has 0 heterocycles. The molecular weight excluding hydrogens is 194 g/mol. The number of carbonyl (C=O) groups excluding carboxylic acids is 1. The van der Waals surface area contributed by atoms with Gasteiger partial charge in [0.1, 0.15) is 12.3 Å². The van der Waals surface area contributed by atoms with Gasteiger partial charge >= 0.3 is 5.97 Å². The fraction of sp³-hybridized carbons (Fsp3) is 0.818. The Balaban J connectivity index is -0.000000245. The second-order valence-electron chi connectivity index (χ2n) is 3.04. The molecule has 4 nitrogen and oxygen atoms in total. The maximum Gasteiger partial charge on any atom is 0.320 e. The van der Waals surface area contributed by atoms with Crippen LogP contribution in [-0.2, 0) is 9.59 Å². The Hall–Kier alpha value is -0.900. The highest BCUT2D eigenvalue weighted by atomic mass is 16.4. The summed E-state index contributed by atoms with van der Waals surface area (Å²) in [4.78, 5) is 19.2. The molecule has 0 aliphatic rings. The summed E-state index contributed by atoms with van der Waals surface area (Å²) in [5.74, 6) is -0.343. The quantitative estimate of drug-likeness (QED) is 0.709. The molecule has 0 bridgehead atoms. The van der Waals surface area contributed by atoms with Crippen LogP contribution in [0.15, 0.2) is 0 Å². The van der Waals surface area contributed by atoms with Crippen molar-refractivity contribution in [2.24, 2.45) is 5.92 Å². The van der Waals surface area contributed by atoms with Crippen molar-refractivity contribution < 1.29 is 14.7 Å². The first-order valence-corrected chi connectivity index (χ1v) is 5.29. The largest absolute Gasteiger partial charge is 0.480 e. The molecule has 92 valence electrons. The molecule has 0 amide bonds. The fourth-order valence-corrected chi connectivity index (χ4v) is 0.814. The lowest BCUT2D eigenvalue weighted by molar-refractivity contribution is -0.139. The van der Waals surface area contributed by atoms with Gasteiger partial charge < -0.3 is 15.2 Å². The van der Waals surface area contributed by atoms with E-state index in [1.165, 1.54) is 6.92 Å². The first-order valence-electron chi connectivity index (χ1n) is 5.29. The van der Waals surface area contributed by atoms with E-state index in [9.17, 15) is 4.79 Å². The van der Waals surface area contributed by atoms with E-state index in [2.05, 4.69) is 5.32 Å². The molecule has 0 aliphatic carbocycles. The Morgan fingerprint density at radius 3 is 1.80 bits per heavy atom. The van der Waals surface area contributed by atoms with Crippen molar-refractivity contribution >= 4 is 12.3 Å². The minimum atomic E-state index is -0.767. The number of rotatable bonds is 4. The minimum absolute atomic E-state index is 0.389. The molecule has 1 unspecified atom stereocenters. The summed E-state index contributed by atoms with van der Waals surface area (Å²) in [5, 5.41) is 11.3. The van der Waals surface area contributed by atoms with Gasteiger partial charge in [0.25, 0.3) is 0 Å². The molecule has 0 saturated heterocycles. The normalized spacial score (nSPS) is 10.3. The summed E-state index contributed by atoms with van der Waals surface area (Å²) in [6.45, 7) is 9.46. The van der Waals surface area contributed by atoms with E-state index < -0.39 is 5.97 Å². The standard InChI is InChI=1S/C7H15NO2.C2H4O.C2H6/c1-5(2)4-6(8-3)7(9)10;1-2-3;1-2/h5-6,8H,4H2,1-3H3,(H,9,10);2H,1H3;1-2H3. The van der Waals surface area contributed by atoms with Gasteiger partial charge in [-0.2, -0.15) is 0 Å². The highest BCUT2D eigenvalue weighted by Crippen LogP contribution is 2.03. The first-order chi connectivity index (χ1) is 6.99. The molecule has 0 fully saturated rings. The average Bonchev–Trinajstić information content (AvgIpc) is 2.18. The third kappa shape index (κ3) is 19.5. The Labute approximate surface area is 93.1 Å². The zero-order valence-electron chi connectivity index (χ0n) is 10.7. The summed E-state index contributed by atoms with van der Waals surface area (Å²) in [5.41, 5.74) is 0. The van der Waals surface area contributed by atoms with Crippen molar-refractivity contribution in [3.05, 3.63) is 0 Å². The number of carboxylic acids is 1. The van der Waals surface area contributed by atoms with Gasteiger partial charge in [-0.25, -0.2) is 0 Å². The molecular formula is C11H25NO3. The molecule has 1 atom stereocenters. The Kier molecular flexibility index (Phi) is 20.4. The van der Waals surface area contributed by atoms with E-state index in [-0.39, 0.29) is 6.04 Å². The van der Waals surface area contributed by atoms with Crippen LogP contribution in [0.5, 0.6) is 0 Å². The van der Waals surface area contributed by atoms with E-state index in [4.69, 9.17) is 9.90 Å². The first kappa shape index (κ1) is 19.6. The lowest BCUT2D eigenvalue weighted by atomic mass is 10.0. The molecule has 0 rings (SSSR count). The van der Waals surface area contributed by atoms with Gasteiger partial charge in [0.05, 0.1) is 0 Å². The van der Waals surface area contributed by atoms with E-state index in [0.717, 1.165) is 6.29 Å². The number of likely N-dealkylation sites (N-methyl/N-ethyl adjacent to an activating group) is 1. The van der Waals surface area contributed by atoms with Crippen molar-refractivity contribution in [1.82, 2.24) is 5.32 Å². The Morgan fingerprint density at radius 1 is 1.40 bits per heavy atom. The average molecular weight is 219 g/mol. The number of aliphatic carboxylic acids is 1. The van der Waals surface area contributed by atoms with E-state index in [1.54, 1.807) is 7.05 Å². The van der Waals surface area contributed by atoms with Crippen LogP contribution in [0.25, 0.3) is 0 Å². The third-order valence-corrected chi connectivity index (χ3v) is 1.35. The molecule has 0 spiro atoms. The molecule has 15 heavy (non-hydrogen) atoms. The van der Waals surface area contributed by atoms with E-state index in [0.29, 0.717) is 12.3 Å². The molecule has 0 aliphatic heterocycles. The van der Waals surface area contributed by atoms with Crippen molar-refractivity contribution in [3.8, 4) is 0 Å². The van der Waals surface area contributed by atoms with E-state index >= 15 is 0 Å². The molecule has 0 radical (unpaired) electrons. The number of hydrogen-bond donors (Lipinski definition) is 2. The SMILES string of the molecule is CC.CC=O.CNC(CC(C)C)C(=O)O. The summed E-state index contributed by atoms with van der Waals surface area (Å²) < 4.78 is 0. The highest BCUT2D eigenvalue weighted by molar-refractivity contribution is 5.73. The predicted octanol–water partition coefficient (Wildman–Crippen LogP) is 1.94. The van der Waals surface area contributed by atoms with Crippen LogP contribution in [-0.4, -0.2) is 30.5 Å². The number of carboxylic acid groups (broad SMARTS) is 1. The van der Waals surface area contributed by atoms with Crippen LogP contribution in [0, 0.1) is 5.92 Å².